The fourth-order valence-corrected chi connectivity index (χ4v) is 3.11. The molecule has 1 aliphatic heterocycles. The summed E-state index contributed by atoms with van der Waals surface area (Å²) in [4.78, 5) is 2.36. The average molecular weight is 263 g/mol. The van der Waals surface area contributed by atoms with Gasteiger partial charge in [-0.05, 0) is 42.6 Å². The third-order valence-corrected chi connectivity index (χ3v) is 4.35. The molecule has 0 bridgehead atoms. The number of nitrogens with zero attached hydrogens (tertiary/aromatic N) is 1. The van der Waals surface area contributed by atoms with Crippen LogP contribution in [-0.2, 0) is 6.42 Å². The molecule has 1 aromatic rings. The van der Waals surface area contributed by atoms with Crippen molar-refractivity contribution in [2.75, 3.05) is 27.3 Å². The van der Waals surface area contributed by atoms with Gasteiger partial charge in [0, 0.05) is 25.1 Å². The Labute approximate surface area is 116 Å². The minimum atomic E-state index is 0.226. The Morgan fingerprint density at radius 2 is 2.16 bits per heavy atom. The highest BCUT2D eigenvalue weighted by atomic mass is 16.5. The number of likely N-dealkylation sites (N-methyl/N-ethyl adjacent to an activating group) is 1. The molecule has 0 fully saturated rings. The standard InChI is InChI=1S/C16H25NO2/c1-11(2)15(10-18)16-14-9-13(19-4)6-5-12(14)7-8-17(16)3/h5-6,9,11,15-16,18H,7-8,10H2,1-4H3. The molecule has 0 aliphatic carbocycles. The van der Waals surface area contributed by atoms with Gasteiger partial charge in [-0.3, -0.25) is 4.90 Å². The average Bonchev–Trinajstić information content (AvgIpc) is 2.41. The molecular formula is C16H25NO2. The summed E-state index contributed by atoms with van der Waals surface area (Å²) in [5.74, 6) is 1.62. The molecule has 0 saturated carbocycles. The van der Waals surface area contributed by atoms with Crippen molar-refractivity contribution >= 4 is 0 Å². The molecule has 0 amide bonds. The van der Waals surface area contributed by atoms with Crippen molar-refractivity contribution in [3.05, 3.63) is 29.3 Å². The molecule has 2 unspecified atom stereocenters. The molecule has 19 heavy (non-hydrogen) atoms. The third kappa shape index (κ3) is 2.77. The quantitative estimate of drug-likeness (QED) is 0.906. The van der Waals surface area contributed by atoms with E-state index < -0.39 is 0 Å². The van der Waals surface area contributed by atoms with Gasteiger partial charge in [0.25, 0.3) is 0 Å². The second-order valence-electron chi connectivity index (χ2n) is 5.83. The number of hydrogen-bond acceptors (Lipinski definition) is 3. The van der Waals surface area contributed by atoms with Gasteiger partial charge < -0.3 is 9.84 Å². The maximum absolute atomic E-state index is 9.76. The SMILES string of the molecule is COc1ccc2c(c1)C(C(CO)C(C)C)N(C)CC2. The second kappa shape index (κ2) is 5.93. The molecular weight excluding hydrogens is 238 g/mol. The Bertz CT molecular complexity index is 431. The van der Waals surface area contributed by atoms with Crippen molar-refractivity contribution in [3.8, 4) is 5.75 Å². The number of ether oxygens (including phenoxy) is 1. The molecule has 1 N–H and O–H groups in total. The van der Waals surface area contributed by atoms with Crippen LogP contribution in [0.4, 0.5) is 0 Å². The molecule has 0 radical (unpaired) electrons. The summed E-state index contributed by atoms with van der Waals surface area (Å²) >= 11 is 0. The summed E-state index contributed by atoms with van der Waals surface area (Å²) in [6, 6.07) is 6.62. The Hall–Kier alpha value is -1.06. The van der Waals surface area contributed by atoms with Gasteiger partial charge in [0.2, 0.25) is 0 Å². The first kappa shape index (κ1) is 14.4. The Morgan fingerprint density at radius 1 is 1.42 bits per heavy atom. The minimum Gasteiger partial charge on any atom is -0.497 e. The maximum Gasteiger partial charge on any atom is 0.119 e. The summed E-state index contributed by atoms with van der Waals surface area (Å²) in [5, 5.41) is 9.76. The van der Waals surface area contributed by atoms with Crippen LogP contribution in [0.5, 0.6) is 5.75 Å². The van der Waals surface area contributed by atoms with Gasteiger partial charge in [-0.1, -0.05) is 19.9 Å². The molecule has 0 aromatic heterocycles. The number of methoxy groups -OCH3 is 1. The van der Waals surface area contributed by atoms with Crippen LogP contribution in [0.3, 0.4) is 0 Å². The van der Waals surface area contributed by atoms with E-state index >= 15 is 0 Å². The van der Waals surface area contributed by atoms with Crippen LogP contribution < -0.4 is 4.74 Å². The van der Waals surface area contributed by atoms with Gasteiger partial charge in [-0.15, -0.1) is 0 Å². The van der Waals surface area contributed by atoms with E-state index in [4.69, 9.17) is 4.74 Å². The van der Waals surface area contributed by atoms with Crippen LogP contribution in [0.2, 0.25) is 0 Å². The summed E-state index contributed by atoms with van der Waals surface area (Å²) in [5.41, 5.74) is 2.71. The van der Waals surface area contributed by atoms with Gasteiger partial charge in [0.1, 0.15) is 5.75 Å². The topological polar surface area (TPSA) is 32.7 Å². The number of benzene rings is 1. The molecule has 0 spiro atoms. The first-order valence-corrected chi connectivity index (χ1v) is 7.06. The van der Waals surface area contributed by atoms with Crippen LogP contribution in [0.25, 0.3) is 0 Å². The molecule has 0 saturated heterocycles. The molecule has 3 nitrogen and oxygen atoms in total. The van der Waals surface area contributed by atoms with Crippen LogP contribution in [0.1, 0.15) is 31.0 Å². The van der Waals surface area contributed by atoms with Crippen molar-refractivity contribution in [2.45, 2.75) is 26.3 Å². The van der Waals surface area contributed by atoms with E-state index in [0.717, 1.165) is 18.7 Å². The summed E-state index contributed by atoms with van der Waals surface area (Å²) in [7, 11) is 3.85. The first-order valence-electron chi connectivity index (χ1n) is 7.06. The van der Waals surface area contributed by atoms with E-state index in [1.165, 1.54) is 11.1 Å². The zero-order valence-electron chi connectivity index (χ0n) is 12.4. The molecule has 3 heteroatoms. The van der Waals surface area contributed by atoms with Gasteiger partial charge in [-0.2, -0.15) is 0 Å². The number of hydrogen-bond donors (Lipinski definition) is 1. The van der Waals surface area contributed by atoms with Crippen LogP contribution in [0.15, 0.2) is 18.2 Å². The maximum atomic E-state index is 9.76. The Kier molecular flexibility index (Phi) is 4.48. The predicted molar refractivity (Wildman–Crippen MR) is 77.5 cm³/mol. The number of rotatable bonds is 4. The smallest absolute Gasteiger partial charge is 0.119 e. The fourth-order valence-electron chi connectivity index (χ4n) is 3.11. The van der Waals surface area contributed by atoms with Crippen LogP contribution >= 0.6 is 0 Å². The van der Waals surface area contributed by atoms with Crippen molar-refractivity contribution in [3.63, 3.8) is 0 Å². The van der Waals surface area contributed by atoms with E-state index in [9.17, 15) is 5.11 Å². The molecule has 1 aromatic carbocycles. The third-order valence-electron chi connectivity index (χ3n) is 4.35. The largest absolute Gasteiger partial charge is 0.497 e. The van der Waals surface area contributed by atoms with Gasteiger partial charge in [0.15, 0.2) is 0 Å². The van der Waals surface area contributed by atoms with Gasteiger partial charge in [-0.25, -0.2) is 0 Å². The van der Waals surface area contributed by atoms with Crippen molar-refractivity contribution in [2.24, 2.45) is 11.8 Å². The summed E-state index contributed by atoms with van der Waals surface area (Å²) < 4.78 is 5.36. The molecule has 2 rings (SSSR count). The molecule has 2 atom stereocenters. The van der Waals surface area contributed by atoms with E-state index in [0.29, 0.717) is 5.92 Å². The van der Waals surface area contributed by atoms with E-state index in [2.05, 4.69) is 37.9 Å². The lowest BCUT2D eigenvalue weighted by Crippen LogP contribution is -2.39. The minimum absolute atomic E-state index is 0.226. The van der Waals surface area contributed by atoms with E-state index in [1.807, 2.05) is 6.07 Å². The lowest BCUT2D eigenvalue weighted by atomic mass is 9.80. The van der Waals surface area contributed by atoms with Crippen molar-refractivity contribution in [1.82, 2.24) is 4.90 Å². The second-order valence-corrected chi connectivity index (χ2v) is 5.83. The monoisotopic (exact) mass is 263 g/mol. The Morgan fingerprint density at radius 3 is 2.74 bits per heavy atom. The highest BCUT2D eigenvalue weighted by Gasteiger charge is 2.33. The Balaban J connectivity index is 2.43. The van der Waals surface area contributed by atoms with Gasteiger partial charge in [0.05, 0.1) is 7.11 Å². The van der Waals surface area contributed by atoms with Gasteiger partial charge >= 0.3 is 0 Å². The normalized spacial score (nSPS) is 21.3. The summed E-state index contributed by atoms with van der Waals surface area (Å²) in [6.07, 6.45) is 1.07. The number of aliphatic hydroxyl groups excluding tert-OH is 1. The highest BCUT2D eigenvalue weighted by Crippen LogP contribution is 2.38. The first-order chi connectivity index (χ1) is 9.08. The van der Waals surface area contributed by atoms with Crippen LogP contribution in [-0.4, -0.2) is 37.3 Å². The number of aliphatic hydroxyl groups is 1. The van der Waals surface area contributed by atoms with E-state index in [-0.39, 0.29) is 18.6 Å². The highest BCUT2D eigenvalue weighted by molar-refractivity contribution is 5.39. The molecule has 106 valence electrons. The fraction of sp³-hybridized carbons (Fsp3) is 0.625. The summed E-state index contributed by atoms with van der Waals surface area (Å²) in [6.45, 7) is 5.64. The number of fused-ring (bicyclic) bond motifs is 1. The molecule has 1 heterocycles. The predicted octanol–water partition coefficient (Wildman–Crippen LogP) is 2.49. The zero-order valence-corrected chi connectivity index (χ0v) is 12.4. The van der Waals surface area contributed by atoms with E-state index in [1.54, 1.807) is 7.11 Å². The van der Waals surface area contributed by atoms with Crippen molar-refractivity contribution in [1.29, 1.82) is 0 Å². The lowest BCUT2D eigenvalue weighted by molar-refractivity contribution is 0.0793. The van der Waals surface area contributed by atoms with Crippen LogP contribution in [0, 0.1) is 11.8 Å². The molecule has 1 aliphatic rings. The lowest BCUT2D eigenvalue weighted by Gasteiger charge is -2.40. The van der Waals surface area contributed by atoms with Crippen molar-refractivity contribution < 1.29 is 9.84 Å². The zero-order chi connectivity index (χ0) is 14.0.